The van der Waals surface area contributed by atoms with Crippen LogP contribution in [0.5, 0.6) is 0 Å². The molecule has 0 radical (unpaired) electrons. The summed E-state index contributed by atoms with van der Waals surface area (Å²) in [5.41, 5.74) is 4.66. The minimum atomic E-state index is 0.384. The number of likely N-dealkylation sites (N-methyl/N-ethyl adjacent to an activating group) is 1. The maximum atomic E-state index is 5.26. The lowest BCUT2D eigenvalue weighted by atomic mass is 9.99. The molecule has 4 rings (SSSR count). The Bertz CT molecular complexity index is 841. The Morgan fingerprint density at radius 2 is 2.04 bits per heavy atom. The first-order valence-corrected chi connectivity index (χ1v) is 9.05. The van der Waals surface area contributed by atoms with Crippen molar-refractivity contribution in [2.45, 2.75) is 24.9 Å². The number of benzene rings is 1. The van der Waals surface area contributed by atoms with Crippen LogP contribution in [0.4, 0.5) is 0 Å². The molecule has 1 N–H and O–H groups in total. The second kappa shape index (κ2) is 7.43. The summed E-state index contributed by atoms with van der Waals surface area (Å²) in [7, 11) is 4.24. The van der Waals surface area contributed by atoms with Crippen molar-refractivity contribution >= 4 is 0 Å². The maximum absolute atomic E-state index is 5.26. The SMILES string of the molecule is CN1C[C@@H](NCc2conc2Cc2ccccc2)[C@H](c2cncn2C)C1. The van der Waals surface area contributed by atoms with Gasteiger partial charge in [-0.3, -0.25) is 0 Å². The van der Waals surface area contributed by atoms with Crippen molar-refractivity contribution in [1.82, 2.24) is 24.9 Å². The van der Waals surface area contributed by atoms with Crippen LogP contribution in [0.15, 0.2) is 53.6 Å². The number of nitrogens with zero attached hydrogens (tertiary/aromatic N) is 4. The van der Waals surface area contributed by atoms with E-state index in [9.17, 15) is 0 Å². The quantitative estimate of drug-likeness (QED) is 0.738. The van der Waals surface area contributed by atoms with Gasteiger partial charge in [-0.15, -0.1) is 0 Å². The molecule has 1 aromatic carbocycles. The first-order valence-electron chi connectivity index (χ1n) is 9.05. The predicted octanol–water partition coefficient (Wildman–Crippen LogP) is 2.19. The lowest BCUT2D eigenvalue weighted by molar-refractivity contribution is 0.396. The van der Waals surface area contributed by atoms with Crippen molar-refractivity contribution in [3.8, 4) is 0 Å². The smallest absolute Gasteiger partial charge is 0.128 e. The van der Waals surface area contributed by atoms with Crippen molar-refractivity contribution in [3.63, 3.8) is 0 Å². The lowest BCUT2D eigenvalue weighted by Gasteiger charge is -2.20. The molecule has 1 aliphatic rings. The average molecular weight is 351 g/mol. The molecule has 6 heteroatoms. The van der Waals surface area contributed by atoms with E-state index in [0.717, 1.165) is 37.3 Å². The molecule has 0 bridgehead atoms. The summed E-state index contributed by atoms with van der Waals surface area (Å²) in [6.45, 7) is 2.82. The van der Waals surface area contributed by atoms with E-state index in [1.165, 1.54) is 11.3 Å². The van der Waals surface area contributed by atoms with E-state index in [2.05, 4.69) is 63.3 Å². The highest BCUT2D eigenvalue weighted by Gasteiger charge is 2.33. The van der Waals surface area contributed by atoms with E-state index in [1.807, 2.05) is 18.6 Å². The Morgan fingerprint density at radius 1 is 1.19 bits per heavy atom. The molecule has 1 fully saturated rings. The van der Waals surface area contributed by atoms with Crippen LogP contribution in [0.1, 0.15) is 28.4 Å². The van der Waals surface area contributed by atoms with Gasteiger partial charge in [0, 0.05) is 62.5 Å². The highest BCUT2D eigenvalue weighted by atomic mass is 16.5. The van der Waals surface area contributed by atoms with Gasteiger partial charge >= 0.3 is 0 Å². The highest BCUT2D eigenvalue weighted by molar-refractivity contribution is 5.25. The van der Waals surface area contributed by atoms with Crippen molar-refractivity contribution in [2.75, 3.05) is 20.1 Å². The van der Waals surface area contributed by atoms with Crippen LogP contribution in [0, 0.1) is 0 Å². The summed E-state index contributed by atoms with van der Waals surface area (Å²) in [5, 5.41) is 7.94. The molecular weight excluding hydrogens is 326 g/mol. The third-order valence-corrected chi connectivity index (χ3v) is 5.23. The van der Waals surface area contributed by atoms with Gasteiger partial charge in [-0.1, -0.05) is 35.5 Å². The third-order valence-electron chi connectivity index (χ3n) is 5.23. The topological polar surface area (TPSA) is 59.1 Å². The fourth-order valence-electron chi connectivity index (χ4n) is 3.83. The molecule has 0 aliphatic carbocycles. The molecule has 3 heterocycles. The largest absolute Gasteiger partial charge is 0.364 e. The fraction of sp³-hybridized carbons (Fsp3) is 0.400. The molecule has 3 aromatic rings. The Morgan fingerprint density at radius 3 is 2.81 bits per heavy atom. The van der Waals surface area contributed by atoms with E-state index in [1.54, 1.807) is 6.26 Å². The first kappa shape index (κ1) is 17.0. The van der Waals surface area contributed by atoms with Gasteiger partial charge in [-0.2, -0.15) is 0 Å². The summed E-state index contributed by atoms with van der Waals surface area (Å²) < 4.78 is 7.38. The van der Waals surface area contributed by atoms with E-state index < -0.39 is 0 Å². The molecule has 136 valence electrons. The van der Waals surface area contributed by atoms with Crippen LogP contribution >= 0.6 is 0 Å². The van der Waals surface area contributed by atoms with Crippen LogP contribution in [0.25, 0.3) is 0 Å². The molecule has 6 nitrogen and oxygen atoms in total. The number of aryl methyl sites for hydroxylation is 1. The van der Waals surface area contributed by atoms with Crippen LogP contribution in [-0.4, -0.2) is 45.8 Å². The number of imidazole rings is 1. The molecular formula is C20H25N5O. The Balaban J connectivity index is 1.44. The fourth-order valence-corrected chi connectivity index (χ4v) is 3.83. The monoisotopic (exact) mass is 351 g/mol. The molecule has 0 amide bonds. The van der Waals surface area contributed by atoms with Crippen molar-refractivity contribution < 1.29 is 4.52 Å². The Kier molecular flexibility index (Phi) is 4.86. The average Bonchev–Trinajstić information content (AvgIpc) is 3.34. The van der Waals surface area contributed by atoms with Gasteiger partial charge in [0.2, 0.25) is 0 Å². The summed E-state index contributed by atoms with van der Waals surface area (Å²) in [6, 6.07) is 10.8. The minimum absolute atomic E-state index is 0.384. The number of nitrogens with one attached hydrogen (secondary N) is 1. The zero-order chi connectivity index (χ0) is 17.9. The molecule has 1 aliphatic heterocycles. The molecule has 26 heavy (non-hydrogen) atoms. The van der Waals surface area contributed by atoms with Gasteiger partial charge < -0.3 is 19.3 Å². The first-order chi connectivity index (χ1) is 12.7. The van der Waals surface area contributed by atoms with E-state index in [0.29, 0.717) is 12.0 Å². The second-order valence-electron chi connectivity index (χ2n) is 7.19. The van der Waals surface area contributed by atoms with Crippen LogP contribution in [-0.2, 0) is 20.0 Å². The number of likely N-dealkylation sites (tertiary alicyclic amines) is 1. The van der Waals surface area contributed by atoms with E-state index in [4.69, 9.17) is 4.52 Å². The number of aromatic nitrogens is 3. The van der Waals surface area contributed by atoms with Gasteiger partial charge in [0.1, 0.15) is 6.26 Å². The summed E-state index contributed by atoms with van der Waals surface area (Å²) in [4.78, 5) is 6.66. The zero-order valence-electron chi connectivity index (χ0n) is 15.3. The zero-order valence-corrected chi connectivity index (χ0v) is 15.3. The standard InChI is InChI=1S/C20H25N5O/c1-24-11-17(20-10-21-14-25(20)2)19(12-24)22-9-16-13-26-23-18(16)8-15-6-4-3-5-7-15/h3-7,10,13-14,17,19,22H,8-9,11-12H2,1-2H3/t17-,19-/m1/s1. The van der Waals surface area contributed by atoms with Crippen LogP contribution in [0.3, 0.4) is 0 Å². The Hall–Kier alpha value is -2.44. The molecule has 0 spiro atoms. The Labute approximate surface area is 153 Å². The number of rotatable bonds is 6. The van der Waals surface area contributed by atoms with Gasteiger partial charge in [-0.05, 0) is 12.6 Å². The third kappa shape index (κ3) is 3.57. The molecule has 1 saturated heterocycles. The molecule has 0 saturated carbocycles. The summed E-state index contributed by atoms with van der Waals surface area (Å²) in [5.74, 6) is 0.435. The lowest BCUT2D eigenvalue weighted by Crippen LogP contribution is -2.35. The van der Waals surface area contributed by atoms with E-state index >= 15 is 0 Å². The highest BCUT2D eigenvalue weighted by Crippen LogP contribution is 2.26. The van der Waals surface area contributed by atoms with Gasteiger partial charge in [0.25, 0.3) is 0 Å². The molecule has 0 unspecified atom stereocenters. The molecule has 2 aromatic heterocycles. The minimum Gasteiger partial charge on any atom is -0.364 e. The number of hydrogen-bond acceptors (Lipinski definition) is 5. The normalized spacial score (nSPS) is 20.7. The summed E-state index contributed by atoms with van der Waals surface area (Å²) >= 11 is 0. The van der Waals surface area contributed by atoms with Crippen LogP contribution in [0.2, 0.25) is 0 Å². The predicted molar refractivity (Wildman–Crippen MR) is 99.8 cm³/mol. The van der Waals surface area contributed by atoms with Crippen LogP contribution < -0.4 is 5.32 Å². The van der Waals surface area contributed by atoms with Gasteiger partial charge in [0.15, 0.2) is 0 Å². The van der Waals surface area contributed by atoms with Gasteiger partial charge in [-0.25, -0.2) is 4.98 Å². The summed E-state index contributed by atoms with van der Waals surface area (Å²) in [6.07, 6.45) is 6.43. The molecule has 2 atom stereocenters. The van der Waals surface area contributed by atoms with Crippen molar-refractivity contribution in [3.05, 3.63) is 71.6 Å². The second-order valence-corrected chi connectivity index (χ2v) is 7.19. The van der Waals surface area contributed by atoms with Gasteiger partial charge in [0.05, 0.1) is 12.0 Å². The van der Waals surface area contributed by atoms with Crippen molar-refractivity contribution in [1.29, 1.82) is 0 Å². The van der Waals surface area contributed by atoms with Crippen molar-refractivity contribution in [2.24, 2.45) is 7.05 Å². The maximum Gasteiger partial charge on any atom is 0.128 e. The number of hydrogen-bond donors (Lipinski definition) is 1. The van der Waals surface area contributed by atoms with E-state index in [-0.39, 0.29) is 0 Å².